The van der Waals surface area contributed by atoms with Crippen LogP contribution in [-0.4, -0.2) is 12.5 Å². The Morgan fingerprint density at radius 1 is 1.21 bits per heavy atom. The predicted octanol–water partition coefficient (Wildman–Crippen LogP) is 5.54. The van der Waals surface area contributed by atoms with E-state index in [1.807, 2.05) is 11.0 Å². The number of halogens is 1. The van der Waals surface area contributed by atoms with E-state index >= 15 is 0 Å². The monoisotopic (exact) mass is 385 g/mol. The average molecular weight is 386 g/mol. The van der Waals surface area contributed by atoms with Crippen molar-refractivity contribution in [2.45, 2.75) is 39.5 Å². The smallest absolute Gasteiger partial charge is 0.223 e. The molecule has 0 bridgehead atoms. The average Bonchev–Trinajstić information content (AvgIpc) is 2.54. The van der Waals surface area contributed by atoms with E-state index in [1.54, 1.807) is 6.92 Å². The maximum absolute atomic E-state index is 12.1. The van der Waals surface area contributed by atoms with Crippen molar-refractivity contribution in [1.82, 2.24) is 0 Å². The van der Waals surface area contributed by atoms with Gasteiger partial charge in [0.25, 0.3) is 0 Å². The van der Waals surface area contributed by atoms with Gasteiger partial charge in [-0.15, -0.1) is 0 Å². The zero-order chi connectivity index (χ0) is 17.3. The third-order valence-electron chi connectivity index (χ3n) is 4.92. The van der Waals surface area contributed by atoms with Gasteiger partial charge in [-0.1, -0.05) is 50.2 Å². The number of benzene rings is 2. The van der Waals surface area contributed by atoms with Crippen molar-refractivity contribution in [2.24, 2.45) is 5.92 Å². The molecule has 1 aliphatic rings. The molecule has 1 atom stereocenters. The molecular formula is C21H24BrNO. The number of anilines is 1. The van der Waals surface area contributed by atoms with Crippen LogP contribution in [0.3, 0.4) is 0 Å². The minimum absolute atomic E-state index is 0.120. The van der Waals surface area contributed by atoms with Gasteiger partial charge in [0.15, 0.2) is 0 Å². The van der Waals surface area contributed by atoms with Crippen LogP contribution >= 0.6 is 15.9 Å². The number of hydrogen-bond donors (Lipinski definition) is 0. The molecule has 2 nitrogen and oxygen atoms in total. The molecule has 3 heteroatoms. The van der Waals surface area contributed by atoms with Gasteiger partial charge in [0, 0.05) is 17.9 Å². The van der Waals surface area contributed by atoms with Crippen LogP contribution in [0.4, 0.5) is 5.69 Å². The van der Waals surface area contributed by atoms with Crippen molar-refractivity contribution in [3.8, 4) is 0 Å². The van der Waals surface area contributed by atoms with Crippen molar-refractivity contribution in [1.29, 1.82) is 0 Å². The molecule has 0 aromatic heterocycles. The molecule has 1 aliphatic heterocycles. The number of carbonyl (C=O) groups excluding carboxylic acids is 1. The highest BCUT2D eigenvalue weighted by Gasteiger charge is 2.31. The molecule has 0 spiro atoms. The van der Waals surface area contributed by atoms with Crippen LogP contribution in [0, 0.1) is 5.92 Å². The Bertz CT molecular complexity index is 739. The highest BCUT2D eigenvalue weighted by atomic mass is 79.9. The molecule has 3 rings (SSSR count). The van der Waals surface area contributed by atoms with Gasteiger partial charge in [0.1, 0.15) is 0 Å². The van der Waals surface area contributed by atoms with Crippen LogP contribution < -0.4 is 4.90 Å². The summed E-state index contributed by atoms with van der Waals surface area (Å²) in [5.74, 6) is 1.19. The number of fused-ring (bicyclic) bond motifs is 1. The molecule has 126 valence electrons. The van der Waals surface area contributed by atoms with Gasteiger partial charge in [0.2, 0.25) is 5.91 Å². The van der Waals surface area contributed by atoms with E-state index < -0.39 is 0 Å². The summed E-state index contributed by atoms with van der Waals surface area (Å²) in [6.45, 7) is 7.01. The van der Waals surface area contributed by atoms with E-state index in [1.165, 1.54) is 16.7 Å². The lowest BCUT2D eigenvalue weighted by atomic mass is 9.81. The Labute approximate surface area is 153 Å². The molecule has 0 saturated carbocycles. The molecule has 0 radical (unpaired) electrons. The van der Waals surface area contributed by atoms with Gasteiger partial charge in [-0.25, -0.2) is 0 Å². The summed E-state index contributed by atoms with van der Waals surface area (Å²) in [6.07, 6.45) is 1.95. The molecular weight excluding hydrogens is 362 g/mol. The fraction of sp³-hybridized carbons (Fsp3) is 0.381. The minimum atomic E-state index is 0.120. The van der Waals surface area contributed by atoms with Crippen molar-refractivity contribution in [2.75, 3.05) is 11.4 Å². The van der Waals surface area contributed by atoms with Crippen molar-refractivity contribution in [3.05, 3.63) is 63.6 Å². The van der Waals surface area contributed by atoms with Gasteiger partial charge in [-0.2, -0.15) is 0 Å². The van der Waals surface area contributed by atoms with Crippen molar-refractivity contribution in [3.63, 3.8) is 0 Å². The molecule has 2 aromatic carbocycles. The molecule has 2 aromatic rings. The van der Waals surface area contributed by atoms with Crippen LogP contribution in [0.15, 0.2) is 46.9 Å². The largest absolute Gasteiger partial charge is 0.311 e. The summed E-state index contributed by atoms with van der Waals surface area (Å²) in [5.41, 5.74) is 4.99. The summed E-state index contributed by atoms with van der Waals surface area (Å²) in [6, 6.07) is 15.0. The van der Waals surface area contributed by atoms with Gasteiger partial charge >= 0.3 is 0 Å². The van der Waals surface area contributed by atoms with Crippen LogP contribution in [0.2, 0.25) is 0 Å². The molecule has 0 aliphatic carbocycles. The Morgan fingerprint density at radius 3 is 2.54 bits per heavy atom. The Hall–Kier alpha value is -1.61. The Balaban J connectivity index is 2.05. The lowest BCUT2D eigenvalue weighted by Crippen LogP contribution is -2.36. The minimum Gasteiger partial charge on any atom is -0.311 e. The number of nitrogens with zero attached hydrogens (tertiary/aromatic N) is 1. The SMILES string of the molecule is CC(=O)N1CCC(C(C)C)c2cc(Cc3ccccc3)cc(Br)c21. The van der Waals surface area contributed by atoms with E-state index in [-0.39, 0.29) is 5.91 Å². The van der Waals surface area contributed by atoms with Gasteiger partial charge in [-0.3, -0.25) is 4.79 Å². The topological polar surface area (TPSA) is 20.3 Å². The molecule has 0 saturated heterocycles. The number of carbonyl (C=O) groups is 1. The van der Waals surface area contributed by atoms with Gasteiger partial charge in [0.05, 0.1) is 5.69 Å². The summed E-state index contributed by atoms with van der Waals surface area (Å²) >= 11 is 3.74. The first-order chi connectivity index (χ1) is 11.5. The molecule has 24 heavy (non-hydrogen) atoms. The molecule has 1 heterocycles. The van der Waals surface area contributed by atoms with Crippen LogP contribution in [0.5, 0.6) is 0 Å². The molecule has 1 amide bonds. The third-order valence-corrected chi connectivity index (χ3v) is 5.53. The number of rotatable bonds is 3. The number of amides is 1. The van der Waals surface area contributed by atoms with Gasteiger partial charge in [-0.05, 0) is 63.4 Å². The first-order valence-corrected chi connectivity index (χ1v) is 9.41. The van der Waals surface area contributed by atoms with E-state index in [0.717, 1.165) is 29.5 Å². The van der Waals surface area contributed by atoms with E-state index in [4.69, 9.17) is 0 Å². The molecule has 0 fully saturated rings. The Kier molecular flexibility index (Phi) is 5.09. The standard InChI is InChI=1S/C21H24BrNO/c1-14(2)18-9-10-23(15(3)24)21-19(18)12-17(13-20(21)22)11-16-7-5-4-6-8-16/h4-8,12-14,18H,9-11H2,1-3H3. The van der Waals surface area contributed by atoms with E-state index in [9.17, 15) is 4.79 Å². The van der Waals surface area contributed by atoms with Crippen molar-refractivity contribution >= 4 is 27.5 Å². The molecule has 1 unspecified atom stereocenters. The van der Waals surface area contributed by atoms with Crippen LogP contribution in [0.1, 0.15) is 49.8 Å². The Morgan fingerprint density at radius 2 is 1.92 bits per heavy atom. The lowest BCUT2D eigenvalue weighted by molar-refractivity contribution is -0.116. The summed E-state index contributed by atoms with van der Waals surface area (Å²) < 4.78 is 1.03. The van der Waals surface area contributed by atoms with Gasteiger partial charge < -0.3 is 4.90 Å². The summed E-state index contributed by atoms with van der Waals surface area (Å²) in [5, 5.41) is 0. The zero-order valence-corrected chi connectivity index (χ0v) is 16.1. The fourth-order valence-corrected chi connectivity index (χ4v) is 4.46. The second-order valence-corrected chi connectivity index (χ2v) is 7.84. The lowest BCUT2D eigenvalue weighted by Gasteiger charge is -2.37. The first kappa shape index (κ1) is 17.2. The van der Waals surface area contributed by atoms with Crippen LogP contribution in [-0.2, 0) is 11.2 Å². The maximum atomic E-state index is 12.1. The van der Waals surface area contributed by atoms with Crippen molar-refractivity contribution < 1.29 is 4.79 Å². The summed E-state index contributed by atoms with van der Waals surface area (Å²) in [7, 11) is 0. The highest BCUT2D eigenvalue weighted by molar-refractivity contribution is 9.10. The van der Waals surface area contributed by atoms with E-state index in [2.05, 4.69) is 66.2 Å². The summed E-state index contributed by atoms with van der Waals surface area (Å²) in [4.78, 5) is 14.0. The second-order valence-electron chi connectivity index (χ2n) is 6.99. The molecule has 0 N–H and O–H groups in total. The fourth-order valence-electron chi connectivity index (χ4n) is 3.72. The number of hydrogen-bond acceptors (Lipinski definition) is 1. The normalized spacial score (nSPS) is 17.0. The predicted molar refractivity (Wildman–Crippen MR) is 104 cm³/mol. The first-order valence-electron chi connectivity index (χ1n) is 8.61. The van der Waals surface area contributed by atoms with E-state index in [0.29, 0.717) is 11.8 Å². The highest BCUT2D eigenvalue weighted by Crippen LogP contribution is 2.44. The second kappa shape index (κ2) is 7.10. The van der Waals surface area contributed by atoms with Crippen LogP contribution in [0.25, 0.3) is 0 Å². The maximum Gasteiger partial charge on any atom is 0.223 e. The zero-order valence-electron chi connectivity index (χ0n) is 14.6. The third kappa shape index (κ3) is 3.41. The quantitative estimate of drug-likeness (QED) is 0.679.